The molecule has 7 nitrogen and oxygen atoms in total. The number of nitrogens with one attached hydrogen (secondary N) is 1. The molecule has 41 heavy (non-hydrogen) atoms. The van der Waals surface area contributed by atoms with E-state index < -0.39 is 5.82 Å². The van der Waals surface area contributed by atoms with Crippen molar-refractivity contribution in [3.05, 3.63) is 114 Å². The summed E-state index contributed by atoms with van der Waals surface area (Å²) in [6.07, 6.45) is 1.49. The van der Waals surface area contributed by atoms with Crippen molar-refractivity contribution in [3.63, 3.8) is 0 Å². The Kier molecular flexibility index (Phi) is 9.23. The third-order valence-corrected chi connectivity index (χ3v) is 7.36. The SMILES string of the molecule is Fc1ccc(NCn2nc(COc3ccc(Cl)cc3Cl)n(/N=C/c3ccc(-c4ccc(Cl)cc4Cl)o3)c2=S)cc1Cl. The molecule has 3 aromatic carbocycles. The third-order valence-electron chi connectivity index (χ3n) is 5.61. The Morgan fingerprint density at radius 3 is 2.41 bits per heavy atom. The van der Waals surface area contributed by atoms with Gasteiger partial charge in [0, 0.05) is 21.3 Å². The molecule has 0 atom stereocenters. The van der Waals surface area contributed by atoms with E-state index in [2.05, 4.69) is 15.5 Å². The monoisotopic (exact) mass is 669 g/mol. The number of aromatic nitrogens is 3. The maximum absolute atomic E-state index is 13.6. The van der Waals surface area contributed by atoms with Crippen LogP contribution in [-0.2, 0) is 13.3 Å². The second-order valence-corrected chi connectivity index (χ2v) is 10.9. The Labute approximate surface area is 263 Å². The van der Waals surface area contributed by atoms with Crippen molar-refractivity contribution < 1.29 is 13.5 Å². The minimum Gasteiger partial charge on any atom is -0.484 e. The molecule has 2 aromatic heterocycles. The van der Waals surface area contributed by atoms with E-state index in [0.29, 0.717) is 54.4 Å². The van der Waals surface area contributed by atoms with Crippen molar-refractivity contribution in [1.29, 1.82) is 0 Å². The van der Waals surface area contributed by atoms with Crippen LogP contribution in [0.5, 0.6) is 5.75 Å². The molecular weight excluding hydrogens is 655 g/mol. The molecule has 0 amide bonds. The average molecular weight is 672 g/mol. The lowest BCUT2D eigenvalue weighted by atomic mass is 10.2. The zero-order valence-corrected chi connectivity index (χ0v) is 25.2. The zero-order valence-electron chi connectivity index (χ0n) is 20.6. The molecule has 210 valence electrons. The van der Waals surface area contributed by atoms with Crippen LogP contribution < -0.4 is 10.1 Å². The lowest BCUT2D eigenvalue weighted by molar-refractivity contribution is 0.290. The molecule has 2 heterocycles. The number of halogens is 6. The van der Waals surface area contributed by atoms with E-state index in [4.69, 9.17) is 79.4 Å². The van der Waals surface area contributed by atoms with Gasteiger partial charge in [0.15, 0.2) is 5.82 Å². The highest BCUT2D eigenvalue weighted by atomic mass is 35.5. The number of hydrogen-bond acceptors (Lipinski definition) is 6. The molecule has 14 heteroatoms. The maximum Gasteiger partial charge on any atom is 0.220 e. The summed E-state index contributed by atoms with van der Waals surface area (Å²) in [4.78, 5) is 0. The summed E-state index contributed by atoms with van der Waals surface area (Å²) in [6, 6.07) is 17.8. The maximum atomic E-state index is 13.6. The van der Waals surface area contributed by atoms with Crippen molar-refractivity contribution in [2.45, 2.75) is 13.3 Å². The van der Waals surface area contributed by atoms with Gasteiger partial charge in [-0.05, 0) is 78.9 Å². The van der Waals surface area contributed by atoms with Gasteiger partial charge in [0.1, 0.15) is 36.4 Å². The van der Waals surface area contributed by atoms with Crippen molar-refractivity contribution in [1.82, 2.24) is 14.5 Å². The first-order valence-corrected chi connectivity index (χ1v) is 14.0. The second kappa shape index (κ2) is 12.9. The summed E-state index contributed by atoms with van der Waals surface area (Å²) in [5.74, 6) is 1.22. The van der Waals surface area contributed by atoms with Crippen LogP contribution in [-0.4, -0.2) is 20.7 Å². The standard InChI is InChI=1S/C27H17Cl5FN5O2S/c28-15-1-5-19(20(30)9-15)24-8-4-18(40-24)12-35-38-26(13-39-25-7-2-16(29)10-22(25)32)36-37(27(38)41)14-34-17-3-6-23(33)21(31)11-17/h1-12,34H,13-14H2/b35-12+. The summed E-state index contributed by atoms with van der Waals surface area (Å²) in [5, 5.41) is 13.9. The Morgan fingerprint density at radius 1 is 0.927 bits per heavy atom. The molecule has 0 saturated carbocycles. The number of ether oxygens (including phenoxy) is 1. The fraction of sp³-hybridized carbons (Fsp3) is 0.0741. The molecular formula is C27H17Cl5FN5O2S. The smallest absolute Gasteiger partial charge is 0.220 e. The summed E-state index contributed by atoms with van der Waals surface area (Å²) in [6.45, 7) is 0.111. The number of nitrogens with zero attached hydrogens (tertiary/aromatic N) is 4. The Hall–Kier alpha value is -3.05. The van der Waals surface area contributed by atoms with Gasteiger partial charge in [-0.2, -0.15) is 9.78 Å². The normalized spacial score (nSPS) is 11.4. The molecule has 0 saturated heterocycles. The van der Waals surface area contributed by atoms with Gasteiger partial charge in [-0.25, -0.2) is 9.07 Å². The number of benzene rings is 3. The van der Waals surface area contributed by atoms with Crippen LogP contribution in [0.25, 0.3) is 11.3 Å². The third kappa shape index (κ3) is 7.06. The lowest BCUT2D eigenvalue weighted by Crippen LogP contribution is -2.10. The summed E-state index contributed by atoms with van der Waals surface area (Å²) in [7, 11) is 0. The van der Waals surface area contributed by atoms with Crippen molar-refractivity contribution in [3.8, 4) is 17.1 Å². The first-order chi connectivity index (χ1) is 19.7. The predicted molar refractivity (Wildman–Crippen MR) is 164 cm³/mol. The number of rotatable bonds is 9. The minimum absolute atomic E-state index is 0.0136. The minimum atomic E-state index is -0.521. The van der Waals surface area contributed by atoms with Gasteiger partial charge in [0.05, 0.1) is 21.3 Å². The van der Waals surface area contributed by atoms with Crippen LogP contribution in [0.15, 0.2) is 76.2 Å². The molecule has 0 aliphatic carbocycles. The fourth-order valence-electron chi connectivity index (χ4n) is 3.63. The molecule has 0 aliphatic heterocycles. The Balaban J connectivity index is 1.42. The topological polar surface area (TPSA) is 69.5 Å². The van der Waals surface area contributed by atoms with Gasteiger partial charge < -0.3 is 14.5 Å². The van der Waals surface area contributed by atoms with Crippen molar-refractivity contribution in [2.24, 2.45) is 5.10 Å². The molecule has 0 aliphatic rings. The highest BCUT2D eigenvalue weighted by molar-refractivity contribution is 7.71. The molecule has 5 aromatic rings. The second-order valence-electron chi connectivity index (χ2n) is 8.41. The van der Waals surface area contributed by atoms with Crippen LogP contribution >= 0.6 is 70.2 Å². The molecule has 1 N–H and O–H groups in total. The van der Waals surface area contributed by atoms with Crippen LogP contribution in [0.4, 0.5) is 10.1 Å². The largest absolute Gasteiger partial charge is 0.484 e. The molecule has 0 fully saturated rings. The van der Waals surface area contributed by atoms with Crippen LogP contribution in [0.1, 0.15) is 11.6 Å². The van der Waals surface area contributed by atoms with E-state index >= 15 is 0 Å². The quantitative estimate of drug-likeness (QED) is 0.125. The van der Waals surface area contributed by atoms with Crippen LogP contribution in [0.3, 0.4) is 0 Å². The van der Waals surface area contributed by atoms with Gasteiger partial charge in [0.25, 0.3) is 0 Å². The first-order valence-electron chi connectivity index (χ1n) is 11.7. The van der Waals surface area contributed by atoms with Crippen molar-refractivity contribution in [2.75, 3.05) is 5.32 Å². The van der Waals surface area contributed by atoms with E-state index in [9.17, 15) is 4.39 Å². The van der Waals surface area contributed by atoms with E-state index in [-0.39, 0.29) is 23.1 Å². The van der Waals surface area contributed by atoms with E-state index in [1.165, 1.54) is 27.7 Å². The Morgan fingerprint density at radius 2 is 1.68 bits per heavy atom. The molecule has 0 unspecified atom stereocenters. The van der Waals surface area contributed by atoms with Gasteiger partial charge in [-0.1, -0.05) is 58.0 Å². The number of anilines is 1. The molecule has 5 rings (SSSR count). The number of hydrogen-bond donors (Lipinski definition) is 1. The zero-order chi connectivity index (χ0) is 29.1. The number of furan rings is 1. The van der Waals surface area contributed by atoms with Gasteiger partial charge >= 0.3 is 0 Å². The summed E-state index contributed by atoms with van der Waals surface area (Å²) in [5.41, 5.74) is 1.26. The van der Waals surface area contributed by atoms with Crippen molar-refractivity contribution >= 4 is 82.1 Å². The van der Waals surface area contributed by atoms with E-state index in [1.807, 2.05) is 0 Å². The highest BCUT2D eigenvalue weighted by Gasteiger charge is 2.14. The van der Waals surface area contributed by atoms with E-state index in [1.54, 1.807) is 54.6 Å². The lowest BCUT2D eigenvalue weighted by Gasteiger charge is -2.07. The van der Waals surface area contributed by atoms with Gasteiger partial charge in [-0.3, -0.25) is 0 Å². The fourth-order valence-corrected chi connectivity index (χ4v) is 5.03. The average Bonchev–Trinajstić information content (AvgIpc) is 3.51. The molecule has 0 bridgehead atoms. The van der Waals surface area contributed by atoms with Crippen LogP contribution in [0, 0.1) is 10.6 Å². The first kappa shape index (κ1) is 29.4. The summed E-state index contributed by atoms with van der Waals surface area (Å²) >= 11 is 36.1. The molecule has 0 radical (unpaired) electrons. The van der Waals surface area contributed by atoms with Gasteiger partial charge in [0.2, 0.25) is 4.77 Å². The predicted octanol–water partition coefficient (Wildman–Crippen LogP) is 9.61. The van der Waals surface area contributed by atoms with Gasteiger partial charge in [-0.15, -0.1) is 5.10 Å². The molecule has 0 spiro atoms. The summed E-state index contributed by atoms with van der Waals surface area (Å²) < 4.78 is 28.5. The van der Waals surface area contributed by atoms with E-state index in [0.717, 1.165) is 0 Å². The Bertz CT molecular complexity index is 1820. The van der Waals surface area contributed by atoms with Crippen LogP contribution in [0.2, 0.25) is 25.1 Å². The highest BCUT2D eigenvalue weighted by Crippen LogP contribution is 2.31.